The van der Waals surface area contributed by atoms with E-state index in [1.807, 2.05) is 23.1 Å². The quantitative estimate of drug-likeness (QED) is 0.803. The molecule has 0 aliphatic carbocycles. The molecule has 7 nitrogen and oxygen atoms in total. The van der Waals surface area contributed by atoms with E-state index in [0.29, 0.717) is 31.4 Å². The summed E-state index contributed by atoms with van der Waals surface area (Å²) in [5, 5.41) is 2.31. The highest BCUT2D eigenvalue weighted by atomic mass is 16.2. The van der Waals surface area contributed by atoms with Crippen molar-refractivity contribution in [2.75, 3.05) is 13.1 Å². The lowest BCUT2D eigenvalue weighted by molar-refractivity contribution is -0.137. The Bertz CT molecular complexity index is 813. The number of hydrogen-bond donors (Lipinski definition) is 1. The van der Waals surface area contributed by atoms with E-state index in [4.69, 9.17) is 0 Å². The molecule has 1 unspecified atom stereocenters. The summed E-state index contributed by atoms with van der Waals surface area (Å²) < 4.78 is 0. The zero-order valence-electron chi connectivity index (χ0n) is 15.2. The van der Waals surface area contributed by atoms with Gasteiger partial charge in [0.05, 0.1) is 0 Å². The van der Waals surface area contributed by atoms with Crippen molar-refractivity contribution in [2.24, 2.45) is 0 Å². The molecular weight excluding hydrogens is 346 g/mol. The molecular formula is C20H23N3O4. The minimum absolute atomic E-state index is 0.171. The van der Waals surface area contributed by atoms with Crippen molar-refractivity contribution in [3.8, 4) is 0 Å². The Morgan fingerprint density at radius 2 is 1.93 bits per heavy atom. The Morgan fingerprint density at radius 3 is 2.67 bits per heavy atom. The summed E-state index contributed by atoms with van der Waals surface area (Å²) in [6.45, 7) is 2.08. The van der Waals surface area contributed by atoms with Crippen LogP contribution in [-0.4, -0.2) is 52.6 Å². The average molecular weight is 369 g/mol. The fourth-order valence-electron chi connectivity index (χ4n) is 4.13. The summed E-state index contributed by atoms with van der Waals surface area (Å²) in [5.74, 6) is -0.689. The molecule has 3 aliphatic heterocycles. The molecule has 1 N–H and O–H groups in total. The zero-order chi connectivity index (χ0) is 19.0. The van der Waals surface area contributed by atoms with Crippen molar-refractivity contribution in [3.05, 3.63) is 34.9 Å². The minimum atomic E-state index is -0.595. The van der Waals surface area contributed by atoms with Crippen LogP contribution in [0, 0.1) is 0 Å². The van der Waals surface area contributed by atoms with Crippen LogP contribution >= 0.6 is 0 Å². The summed E-state index contributed by atoms with van der Waals surface area (Å²) >= 11 is 0. The lowest BCUT2D eigenvalue weighted by Gasteiger charge is -2.29. The molecule has 0 saturated carbocycles. The first kappa shape index (κ1) is 17.7. The van der Waals surface area contributed by atoms with E-state index in [2.05, 4.69) is 5.32 Å². The topological polar surface area (TPSA) is 86.8 Å². The molecule has 4 rings (SSSR count). The van der Waals surface area contributed by atoms with E-state index in [-0.39, 0.29) is 24.1 Å². The number of aryl methyl sites for hydroxylation is 1. The predicted octanol–water partition coefficient (Wildman–Crippen LogP) is 1.00. The molecule has 7 heteroatoms. The van der Waals surface area contributed by atoms with Gasteiger partial charge in [-0.1, -0.05) is 12.1 Å². The Labute approximate surface area is 157 Å². The van der Waals surface area contributed by atoms with Crippen LogP contribution in [0.25, 0.3) is 0 Å². The minimum Gasteiger partial charge on any atom is -0.343 e. The fraction of sp³-hybridized carbons (Fsp3) is 0.500. The van der Waals surface area contributed by atoms with Crippen LogP contribution in [0.4, 0.5) is 0 Å². The molecule has 0 aromatic heterocycles. The number of hydrogen-bond acceptors (Lipinski definition) is 4. The number of piperidine rings is 1. The summed E-state index contributed by atoms with van der Waals surface area (Å²) in [4.78, 5) is 51.9. The van der Waals surface area contributed by atoms with E-state index < -0.39 is 11.9 Å². The second-order valence-electron chi connectivity index (χ2n) is 7.48. The maximum absolute atomic E-state index is 12.8. The molecule has 3 heterocycles. The molecule has 27 heavy (non-hydrogen) atoms. The normalized spacial score (nSPS) is 22.2. The van der Waals surface area contributed by atoms with E-state index in [1.165, 1.54) is 0 Å². The van der Waals surface area contributed by atoms with Crippen LogP contribution < -0.4 is 5.32 Å². The molecule has 4 amide bonds. The van der Waals surface area contributed by atoms with Gasteiger partial charge in [-0.3, -0.25) is 24.5 Å². The highest BCUT2D eigenvalue weighted by Crippen LogP contribution is 2.28. The van der Waals surface area contributed by atoms with Crippen LogP contribution in [0.5, 0.6) is 0 Å². The van der Waals surface area contributed by atoms with Crippen LogP contribution in [0.15, 0.2) is 18.2 Å². The predicted molar refractivity (Wildman–Crippen MR) is 96.6 cm³/mol. The first-order valence-corrected chi connectivity index (χ1v) is 9.57. The van der Waals surface area contributed by atoms with Gasteiger partial charge >= 0.3 is 0 Å². The van der Waals surface area contributed by atoms with Gasteiger partial charge in [-0.05, 0) is 42.9 Å². The number of carbonyl (C=O) groups excluding carboxylic acids is 4. The number of benzene rings is 1. The summed E-state index contributed by atoms with van der Waals surface area (Å²) in [6, 6.07) is 5.12. The molecule has 142 valence electrons. The van der Waals surface area contributed by atoms with Gasteiger partial charge in [0.25, 0.3) is 5.91 Å². The van der Waals surface area contributed by atoms with E-state index in [0.717, 1.165) is 37.1 Å². The van der Waals surface area contributed by atoms with Gasteiger partial charge in [0.1, 0.15) is 6.04 Å². The van der Waals surface area contributed by atoms with Crippen LogP contribution in [0.3, 0.4) is 0 Å². The number of nitrogens with one attached hydrogen (secondary N) is 1. The van der Waals surface area contributed by atoms with Crippen molar-refractivity contribution in [1.29, 1.82) is 0 Å². The molecule has 3 aliphatic rings. The number of rotatable bonds is 4. The van der Waals surface area contributed by atoms with Gasteiger partial charge in [0, 0.05) is 38.0 Å². The largest absolute Gasteiger partial charge is 0.343 e. The molecule has 2 saturated heterocycles. The van der Waals surface area contributed by atoms with Crippen LogP contribution in [-0.2, 0) is 27.3 Å². The maximum atomic E-state index is 12.8. The number of amides is 4. The second-order valence-corrected chi connectivity index (χ2v) is 7.48. The molecule has 0 spiro atoms. The van der Waals surface area contributed by atoms with Gasteiger partial charge in [0.2, 0.25) is 17.7 Å². The van der Waals surface area contributed by atoms with Crippen LogP contribution in [0.2, 0.25) is 0 Å². The highest BCUT2D eigenvalue weighted by molar-refractivity contribution is 6.05. The number of fused-ring (bicyclic) bond motifs is 1. The first-order valence-electron chi connectivity index (χ1n) is 9.57. The standard InChI is InChI=1S/C20H23N3O4/c24-17-7-6-16(19(26)21-17)23-12-14-5-3-13(11-15(14)20(23)27)4-8-18(25)22-9-1-2-10-22/h3,5,11,16H,1-2,4,6-10,12H2,(H,21,24,26). The Kier molecular flexibility index (Phi) is 4.68. The monoisotopic (exact) mass is 369 g/mol. The van der Waals surface area contributed by atoms with Gasteiger partial charge in [-0.2, -0.15) is 0 Å². The lowest BCUT2D eigenvalue weighted by atomic mass is 10.0. The molecule has 1 atom stereocenters. The van der Waals surface area contributed by atoms with Crippen LogP contribution in [0.1, 0.15) is 53.6 Å². The number of nitrogens with zero attached hydrogens (tertiary/aromatic N) is 2. The summed E-state index contributed by atoms with van der Waals surface area (Å²) in [5.41, 5.74) is 2.45. The molecule has 0 radical (unpaired) electrons. The second kappa shape index (κ2) is 7.13. The highest BCUT2D eigenvalue weighted by Gasteiger charge is 2.39. The third kappa shape index (κ3) is 3.46. The Balaban J connectivity index is 1.42. The summed E-state index contributed by atoms with van der Waals surface area (Å²) in [7, 11) is 0. The molecule has 2 fully saturated rings. The van der Waals surface area contributed by atoms with E-state index in [9.17, 15) is 19.2 Å². The van der Waals surface area contributed by atoms with Crippen molar-refractivity contribution in [2.45, 2.75) is 51.1 Å². The third-order valence-electron chi connectivity index (χ3n) is 5.68. The molecule has 0 bridgehead atoms. The smallest absolute Gasteiger partial charge is 0.255 e. The third-order valence-corrected chi connectivity index (χ3v) is 5.68. The first-order chi connectivity index (χ1) is 13.0. The fourth-order valence-corrected chi connectivity index (χ4v) is 4.13. The zero-order valence-corrected chi connectivity index (χ0v) is 15.2. The Hall–Kier alpha value is -2.70. The summed E-state index contributed by atoms with van der Waals surface area (Å²) in [6.07, 6.45) is 3.82. The van der Waals surface area contributed by atoms with Gasteiger partial charge in [-0.15, -0.1) is 0 Å². The van der Waals surface area contributed by atoms with Crippen molar-refractivity contribution in [1.82, 2.24) is 15.1 Å². The number of likely N-dealkylation sites (tertiary alicyclic amines) is 1. The van der Waals surface area contributed by atoms with Gasteiger partial charge < -0.3 is 9.80 Å². The van der Waals surface area contributed by atoms with Gasteiger partial charge in [-0.25, -0.2) is 0 Å². The maximum Gasteiger partial charge on any atom is 0.255 e. The SMILES string of the molecule is O=C1CCC(N2Cc3ccc(CCC(=O)N4CCCC4)cc3C2=O)C(=O)N1. The number of carbonyl (C=O) groups is 4. The number of imide groups is 1. The molecule has 1 aromatic rings. The van der Waals surface area contributed by atoms with Crippen molar-refractivity contribution in [3.63, 3.8) is 0 Å². The average Bonchev–Trinajstić information content (AvgIpc) is 3.29. The molecule has 1 aromatic carbocycles. The Morgan fingerprint density at radius 1 is 1.15 bits per heavy atom. The van der Waals surface area contributed by atoms with E-state index in [1.54, 1.807) is 4.90 Å². The van der Waals surface area contributed by atoms with Gasteiger partial charge in [0.15, 0.2) is 0 Å². The van der Waals surface area contributed by atoms with E-state index >= 15 is 0 Å². The lowest BCUT2D eigenvalue weighted by Crippen LogP contribution is -2.52. The van der Waals surface area contributed by atoms with Crippen molar-refractivity contribution >= 4 is 23.6 Å². The van der Waals surface area contributed by atoms with Crippen molar-refractivity contribution < 1.29 is 19.2 Å².